The summed E-state index contributed by atoms with van der Waals surface area (Å²) in [7, 11) is 2.17. The lowest BCUT2D eigenvalue weighted by Crippen LogP contribution is -2.45. The van der Waals surface area contributed by atoms with Crippen molar-refractivity contribution in [2.75, 3.05) is 45.1 Å². The van der Waals surface area contributed by atoms with Crippen LogP contribution in [0.15, 0.2) is 54.6 Å². The van der Waals surface area contributed by atoms with E-state index in [0.717, 1.165) is 60.8 Å². The molecule has 1 fully saturated rings. The van der Waals surface area contributed by atoms with Crippen LogP contribution >= 0.6 is 11.3 Å². The average molecular weight is 438 g/mol. The van der Waals surface area contributed by atoms with E-state index < -0.39 is 0 Å². The van der Waals surface area contributed by atoms with E-state index in [1.165, 1.54) is 29.0 Å². The lowest BCUT2D eigenvalue weighted by molar-refractivity contribution is 0.103. The summed E-state index contributed by atoms with van der Waals surface area (Å²) in [5.74, 6) is -0.380. The Hall–Kier alpha value is -2.54. The van der Waals surface area contributed by atoms with Crippen molar-refractivity contribution in [2.24, 2.45) is 0 Å². The van der Waals surface area contributed by atoms with Crippen LogP contribution in [0.5, 0.6) is 0 Å². The maximum absolute atomic E-state index is 13.2. The van der Waals surface area contributed by atoms with Gasteiger partial charge in [-0.25, -0.2) is 4.39 Å². The smallest absolute Gasteiger partial charge is 0.265 e. The normalized spacial score (nSPS) is 15.2. The van der Waals surface area contributed by atoms with Crippen LogP contribution < -0.4 is 5.32 Å². The summed E-state index contributed by atoms with van der Waals surface area (Å²) < 4.78 is 13.2. The van der Waals surface area contributed by atoms with Crippen LogP contribution in [0.1, 0.15) is 20.8 Å². The SMILES string of the molecule is Cc1cc(C(=O)Nc2ccc(CCN3CCN(C)CC3)cc2)sc1-c1ccc(F)cc1. The highest BCUT2D eigenvalue weighted by atomic mass is 32.1. The fourth-order valence-corrected chi connectivity index (χ4v) is 4.86. The maximum atomic E-state index is 13.2. The summed E-state index contributed by atoms with van der Waals surface area (Å²) >= 11 is 1.43. The maximum Gasteiger partial charge on any atom is 0.265 e. The molecule has 0 atom stereocenters. The molecule has 2 aromatic carbocycles. The Bertz CT molecular complexity index is 1020. The summed E-state index contributed by atoms with van der Waals surface area (Å²) in [5, 5.41) is 2.99. The van der Waals surface area contributed by atoms with Gasteiger partial charge in [0.05, 0.1) is 4.88 Å². The molecule has 0 aliphatic carbocycles. The third-order valence-corrected chi connectivity index (χ3v) is 7.06. The monoisotopic (exact) mass is 437 g/mol. The van der Waals surface area contributed by atoms with Crippen LogP contribution in [0.4, 0.5) is 10.1 Å². The fourth-order valence-electron chi connectivity index (χ4n) is 3.79. The van der Waals surface area contributed by atoms with Gasteiger partial charge in [0.2, 0.25) is 0 Å². The van der Waals surface area contributed by atoms with Crippen molar-refractivity contribution in [1.82, 2.24) is 9.80 Å². The molecule has 1 amide bonds. The van der Waals surface area contributed by atoms with E-state index in [-0.39, 0.29) is 11.7 Å². The minimum absolute atomic E-state index is 0.119. The second kappa shape index (κ2) is 9.73. The molecule has 0 saturated carbocycles. The molecule has 3 aromatic rings. The number of carbonyl (C=O) groups is 1. The van der Waals surface area contributed by atoms with Gasteiger partial charge in [-0.05, 0) is 67.4 Å². The zero-order chi connectivity index (χ0) is 21.8. The molecule has 1 saturated heterocycles. The second-order valence-electron chi connectivity index (χ2n) is 8.18. The first-order chi connectivity index (χ1) is 15.0. The van der Waals surface area contributed by atoms with Crippen LogP contribution in [0.2, 0.25) is 0 Å². The largest absolute Gasteiger partial charge is 0.321 e. The third kappa shape index (κ3) is 5.58. The van der Waals surface area contributed by atoms with Crippen molar-refractivity contribution in [2.45, 2.75) is 13.3 Å². The summed E-state index contributed by atoms with van der Waals surface area (Å²) in [5.41, 5.74) is 4.01. The number of aryl methyl sites for hydroxylation is 1. The Balaban J connectivity index is 1.34. The number of piperazine rings is 1. The molecular weight excluding hydrogens is 409 g/mol. The van der Waals surface area contributed by atoms with Gasteiger partial charge in [-0.15, -0.1) is 11.3 Å². The number of rotatable bonds is 6. The van der Waals surface area contributed by atoms with Crippen LogP contribution in [-0.2, 0) is 6.42 Å². The Morgan fingerprint density at radius 2 is 1.71 bits per heavy atom. The van der Waals surface area contributed by atoms with Crippen LogP contribution in [0.3, 0.4) is 0 Å². The summed E-state index contributed by atoms with van der Waals surface area (Å²) in [6, 6.07) is 16.4. The number of nitrogens with zero attached hydrogens (tertiary/aromatic N) is 2. The molecule has 6 heteroatoms. The minimum Gasteiger partial charge on any atom is -0.321 e. The molecule has 1 N–H and O–H groups in total. The molecule has 1 aliphatic rings. The highest BCUT2D eigenvalue weighted by molar-refractivity contribution is 7.17. The van der Waals surface area contributed by atoms with Crippen LogP contribution in [0.25, 0.3) is 10.4 Å². The van der Waals surface area contributed by atoms with Gasteiger partial charge in [0, 0.05) is 43.3 Å². The second-order valence-corrected chi connectivity index (χ2v) is 9.23. The highest BCUT2D eigenvalue weighted by Crippen LogP contribution is 2.33. The van der Waals surface area contributed by atoms with E-state index in [9.17, 15) is 9.18 Å². The van der Waals surface area contributed by atoms with Crippen LogP contribution in [-0.4, -0.2) is 55.5 Å². The zero-order valence-corrected chi connectivity index (χ0v) is 18.8. The van der Waals surface area contributed by atoms with E-state index in [1.807, 2.05) is 25.1 Å². The number of halogens is 1. The summed E-state index contributed by atoms with van der Waals surface area (Å²) in [6.45, 7) is 7.57. The molecule has 2 heterocycles. The fraction of sp³-hybridized carbons (Fsp3) is 0.320. The number of benzene rings is 2. The predicted octanol–water partition coefficient (Wildman–Crippen LogP) is 4.90. The van der Waals surface area contributed by atoms with E-state index in [0.29, 0.717) is 4.88 Å². The minimum atomic E-state index is -0.261. The quantitative estimate of drug-likeness (QED) is 0.596. The summed E-state index contributed by atoms with van der Waals surface area (Å²) in [4.78, 5) is 19.3. The molecule has 4 nitrogen and oxygen atoms in total. The lowest BCUT2D eigenvalue weighted by atomic mass is 10.1. The van der Waals surface area contributed by atoms with Gasteiger partial charge < -0.3 is 15.1 Å². The van der Waals surface area contributed by atoms with E-state index in [4.69, 9.17) is 0 Å². The number of nitrogens with one attached hydrogen (secondary N) is 1. The average Bonchev–Trinajstić information content (AvgIpc) is 3.17. The van der Waals surface area contributed by atoms with E-state index in [2.05, 4.69) is 34.3 Å². The Morgan fingerprint density at radius 3 is 2.39 bits per heavy atom. The molecule has 0 radical (unpaired) electrons. The number of hydrogen-bond acceptors (Lipinski definition) is 4. The van der Waals surface area contributed by atoms with Gasteiger partial charge in [0.25, 0.3) is 5.91 Å². The van der Waals surface area contributed by atoms with Crippen molar-refractivity contribution >= 4 is 22.9 Å². The molecule has 0 spiro atoms. The first-order valence-corrected chi connectivity index (χ1v) is 11.5. The zero-order valence-electron chi connectivity index (χ0n) is 18.0. The van der Waals surface area contributed by atoms with E-state index >= 15 is 0 Å². The molecule has 31 heavy (non-hydrogen) atoms. The molecule has 1 aromatic heterocycles. The molecule has 0 unspecified atom stereocenters. The Morgan fingerprint density at radius 1 is 1.03 bits per heavy atom. The van der Waals surface area contributed by atoms with Crippen molar-refractivity contribution in [3.05, 3.63) is 76.4 Å². The van der Waals surface area contributed by atoms with Gasteiger partial charge in [-0.1, -0.05) is 24.3 Å². The number of anilines is 1. The van der Waals surface area contributed by atoms with Gasteiger partial charge in [0.15, 0.2) is 0 Å². The molecule has 0 bridgehead atoms. The summed E-state index contributed by atoms with van der Waals surface area (Å²) in [6.07, 6.45) is 1.02. The van der Waals surface area contributed by atoms with E-state index in [1.54, 1.807) is 12.1 Å². The molecule has 162 valence electrons. The van der Waals surface area contributed by atoms with Crippen LogP contribution in [0, 0.1) is 12.7 Å². The standard InChI is InChI=1S/C25H28FN3OS/c1-18-17-23(31-24(18)20-5-7-21(26)8-6-20)25(30)27-22-9-3-19(4-10-22)11-12-29-15-13-28(2)14-16-29/h3-10,17H,11-16H2,1-2H3,(H,27,30). The molecule has 4 rings (SSSR count). The number of hydrogen-bond donors (Lipinski definition) is 1. The van der Waals surface area contributed by atoms with Crippen molar-refractivity contribution < 1.29 is 9.18 Å². The van der Waals surface area contributed by atoms with Gasteiger partial charge in [0.1, 0.15) is 5.82 Å². The number of thiophene rings is 1. The first kappa shape index (κ1) is 21.7. The number of likely N-dealkylation sites (N-methyl/N-ethyl adjacent to an activating group) is 1. The van der Waals surface area contributed by atoms with Crippen molar-refractivity contribution in [3.63, 3.8) is 0 Å². The Kier molecular flexibility index (Phi) is 6.80. The van der Waals surface area contributed by atoms with Crippen molar-refractivity contribution in [3.8, 4) is 10.4 Å². The van der Waals surface area contributed by atoms with Gasteiger partial charge in [-0.2, -0.15) is 0 Å². The predicted molar refractivity (Wildman–Crippen MR) is 126 cm³/mol. The first-order valence-electron chi connectivity index (χ1n) is 10.7. The number of amides is 1. The third-order valence-electron chi connectivity index (χ3n) is 5.77. The van der Waals surface area contributed by atoms with Gasteiger partial charge in [-0.3, -0.25) is 4.79 Å². The Labute approximate surface area is 187 Å². The lowest BCUT2D eigenvalue weighted by Gasteiger charge is -2.32. The highest BCUT2D eigenvalue weighted by Gasteiger charge is 2.15. The number of carbonyl (C=O) groups excluding carboxylic acids is 1. The molecular formula is C25H28FN3OS. The molecule has 1 aliphatic heterocycles. The van der Waals surface area contributed by atoms with Gasteiger partial charge >= 0.3 is 0 Å². The topological polar surface area (TPSA) is 35.6 Å². The van der Waals surface area contributed by atoms with Crippen molar-refractivity contribution in [1.29, 1.82) is 0 Å².